The Morgan fingerprint density at radius 3 is 3.15 bits per heavy atom. The second-order valence-corrected chi connectivity index (χ2v) is 3.55. The second kappa shape index (κ2) is 2.35. The van der Waals surface area contributed by atoms with Gasteiger partial charge < -0.3 is 15.3 Å². The number of furan rings is 1. The Morgan fingerprint density at radius 2 is 2.54 bits per heavy atom. The number of hydrogen-bond donors (Lipinski definition) is 2. The van der Waals surface area contributed by atoms with Gasteiger partial charge in [0.15, 0.2) is 5.54 Å². The summed E-state index contributed by atoms with van der Waals surface area (Å²) in [7, 11) is 0. The van der Waals surface area contributed by atoms with E-state index >= 15 is 0 Å². The number of aliphatic carboxylic acids is 1. The van der Waals surface area contributed by atoms with Crippen molar-refractivity contribution in [1.29, 1.82) is 0 Å². The van der Waals surface area contributed by atoms with Crippen molar-refractivity contribution in [2.75, 3.05) is 0 Å². The third kappa shape index (κ3) is 0.862. The van der Waals surface area contributed by atoms with E-state index in [2.05, 4.69) is 0 Å². The van der Waals surface area contributed by atoms with Gasteiger partial charge in [0.2, 0.25) is 0 Å². The molecular weight excluding hydrogens is 170 g/mol. The lowest BCUT2D eigenvalue weighted by Crippen LogP contribution is -2.47. The minimum Gasteiger partial charge on any atom is -0.480 e. The van der Waals surface area contributed by atoms with Crippen LogP contribution >= 0.6 is 0 Å². The van der Waals surface area contributed by atoms with Crippen LogP contribution in [0.5, 0.6) is 0 Å². The van der Waals surface area contributed by atoms with Crippen LogP contribution in [0.15, 0.2) is 16.7 Å². The van der Waals surface area contributed by atoms with Gasteiger partial charge in [0.25, 0.3) is 0 Å². The predicted molar refractivity (Wildman–Crippen MR) is 45.1 cm³/mol. The van der Waals surface area contributed by atoms with E-state index in [-0.39, 0.29) is 5.92 Å². The lowest BCUT2D eigenvalue weighted by molar-refractivity contribution is -0.146. The van der Waals surface area contributed by atoms with Crippen LogP contribution in [-0.2, 0) is 16.8 Å². The summed E-state index contributed by atoms with van der Waals surface area (Å²) in [6.45, 7) is 1.82. The predicted octanol–water partition coefficient (Wildman–Crippen LogP) is 0.710. The molecule has 0 saturated carbocycles. The molecule has 70 valence electrons. The van der Waals surface area contributed by atoms with Crippen molar-refractivity contribution >= 4 is 5.97 Å². The van der Waals surface area contributed by atoms with Gasteiger partial charge in [-0.2, -0.15) is 0 Å². The van der Waals surface area contributed by atoms with E-state index in [0.29, 0.717) is 12.2 Å². The lowest BCUT2D eigenvalue weighted by atomic mass is 9.89. The fourth-order valence-corrected chi connectivity index (χ4v) is 1.88. The topological polar surface area (TPSA) is 76.5 Å². The Balaban J connectivity index is 2.56. The highest BCUT2D eigenvalue weighted by Crippen LogP contribution is 2.40. The Hall–Kier alpha value is -1.29. The first-order chi connectivity index (χ1) is 6.06. The molecule has 4 heteroatoms. The molecule has 1 heterocycles. The van der Waals surface area contributed by atoms with Crippen molar-refractivity contribution in [3.63, 3.8) is 0 Å². The van der Waals surface area contributed by atoms with Gasteiger partial charge in [-0.05, 0) is 24.0 Å². The van der Waals surface area contributed by atoms with Gasteiger partial charge >= 0.3 is 5.97 Å². The van der Waals surface area contributed by atoms with E-state index in [1.807, 2.05) is 6.92 Å². The molecule has 0 radical (unpaired) electrons. The van der Waals surface area contributed by atoms with E-state index < -0.39 is 11.5 Å². The van der Waals surface area contributed by atoms with Crippen LogP contribution in [0.4, 0.5) is 0 Å². The quantitative estimate of drug-likeness (QED) is 0.669. The SMILES string of the molecule is CC1Cc2ccoc2C1(N)C(=O)O. The molecule has 0 saturated heterocycles. The maximum atomic E-state index is 11.0. The van der Waals surface area contributed by atoms with Crippen LogP contribution in [0.25, 0.3) is 0 Å². The fourth-order valence-electron chi connectivity index (χ4n) is 1.88. The fraction of sp³-hybridized carbons (Fsp3) is 0.444. The molecule has 1 aromatic rings. The molecule has 1 aliphatic rings. The van der Waals surface area contributed by atoms with Gasteiger partial charge in [0, 0.05) is 0 Å². The van der Waals surface area contributed by atoms with Crippen molar-refractivity contribution < 1.29 is 14.3 Å². The summed E-state index contributed by atoms with van der Waals surface area (Å²) < 4.78 is 5.12. The molecular formula is C9H11NO3. The van der Waals surface area contributed by atoms with Crippen molar-refractivity contribution in [2.24, 2.45) is 11.7 Å². The maximum Gasteiger partial charge on any atom is 0.331 e. The Bertz CT molecular complexity index is 357. The van der Waals surface area contributed by atoms with E-state index in [4.69, 9.17) is 15.3 Å². The van der Waals surface area contributed by atoms with Crippen molar-refractivity contribution in [3.05, 3.63) is 23.7 Å². The van der Waals surface area contributed by atoms with Gasteiger partial charge in [-0.1, -0.05) is 6.92 Å². The summed E-state index contributed by atoms with van der Waals surface area (Å²) in [6.07, 6.45) is 2.16. The normalized spacial score (nSPS) is 31.7. The van der Waals surface area contributed by atoms with Crippen LogP contribution in [0, 0.1) is 5.92 Å². The summed E-state index contributed by atoms with van der Waals surface area (Å²) >= 11 is 0. The van der Waals surface area contributed by atoms with Crippen LogP contribution < -0.4 is 5.73 Å². The zero-order chi connectivity index (χ0) is 9.64. The van der Waals surface area contributed by atoms with Gasteiger partial charge in [-0.15, -0.1) is 0 Å². The Morgan fingerprint density at radius 1 is 1.85 bits per heavy atom. The Labute approximate surface area is 75.3 Å². The van der Waals surface area contributed by atoms with Crippen LogP contribution in [0.2, 0.25) is 0 Å². The zero-order valence-corrected chi connectivity index (χ0v) is 7.28. The molecule has 0 spiro atoms. The summed E-state index contributed by atoms with van der Waals surface area (Å²) in [4.78, 5) is 11.0. The average molecular weight is 181 g/mol. The largest absolute Gasteiger partial charge is 0.480 e. The number of nitrogens with two attached hydrogens (primary N) is 1. The first-order valence-corrected chi connectivity index (χ1v) is 4.16. The lowest BCUT2D eigenvalue weighted by Gasteiger charge is -2.22. The van der Waals surface area contributed by atoms with Crippen LogP contribution in [0.1, 0.15) is 18.2 Å². The molecule has 0 bridgehead atoms. The van der Waals surface area contributed by atoms with E-state index in [1.54, 1.807) is 6.07 Å². The molecule has 3 N–H and O–H groups in total. The van der Waals surface area contributed by atoms with Gasteiger partial charge in [-0.25, -0.2) is 4.79 Å². The summed E-state index contributed by atoms with van der Waals surface area (Å²) in [5.74, 6) is -0.721. The molecule has 2 rings (SSSR count). The zero-order valence-electron chi connectivity index (χ0n) is 7.28. The van der Waals surface area contributed by atoms with Crippen molar-refractivity contribution in [3.8, 4) is 0 Å². The first-order valence-electron chi connectivity index (χ1n) is 4.16. The summed E-state index contributed by atoms with van der Waals surface area (Å²) in [6, 6.07) is 1.78. The summed E-state index contributed by atoms with van der Waals surface area (Å²) in [5.41, 5.74) is 5.39. The monoisotopic (exact) mass is 181 g/mol. The van der Waals surface area contributed by atoms with Gasteiger partial charge in [0.1, 0.15) is 5.76 Å². The van der Waals surface area contributed by atoms with Crippen LogP contribution in [0.3, 0.4) is 0 Å². The number of hydrogen-bond acceptors (Lipinski definition) is 3. The average Bonchev–Trinajstić information content (AvgIpc) is 2.57. The third-order valence-corrected chi connectivity index (χ3v) is 2.78. The molecule has 0 amide bonds. The van der Waals surface area contributed by atoms with Gasteiger partial charge in [0.05, 0.1) is 6.26 Å². The number of carboxylic acids is 1. The molecule has 0 aliphatic heterocycles. The first kappa shape index (κ1) is 8.31. The molecule has 2 atom stereocenters. The molecule has 4 nitrogen and oxygen atoms in total. The number of carboxylic acid groups (broad SMARTS) is 1. The highest BCUT2D eigenvalue weighted by atomic mass is 16.4. The van der Waals surface area contributed by atoms with Crippen molar-refractivity contribution in [2.45, 2.75) is 18.9 Å². The number of rotatable bonds is 1. The summed E-state index contributed by atoms with van der Waals surface area (Å²) in [5, 5.41) is 9.02. The highest BCUT2D eigenvalue weighted by molar-refractivity contribution is 5.81. The Kier molecular flexibility index (Phi) is 1.51. The van der Waals surface area contributed by atoms with E-state index in [1.165, 1.54) is 6.26 Å². The molecule has 0 fully saturated rings. The number of fused-ring (bicyclic) bond motifs is 1. The molecule has 0 aromatic carbocycles. The maximum absolute atomic E-state index is 11.0. The van der Waals surface area contributed by atoms with Crippen molar-refractivity contribution in [1.82, 2.24) is 0 Å². The number of carbonyl (C=O) groups is 1. The highest BCUT2D eigenvalue weighted by Gasteiger charge is 2.50. The van der Waals surface area contributed by atoms with Gasteiger partial charge in [-0.3, -0.25) is 0 Å². The minimum atomic E-state index is -1.33. The minimum absolute atomic E-state index is 0.111. The molecule has 1 aromatic heterocycles. The third-order valence-electron chi connectivity index (χ3n) is 2.78. The van der Waals surface area contributed by atoms with Crippen LogP contribution in [-0.4, -0.2) is 11.1 Å². The smallest absolute Gasteiger partial charge is 0.331 e. The molecule has 13 heavy (non-hydrogen) atoms. The second-order valence-electron chi connectivity index (χ2n) is 3.55. The van der Waals surface area contributed by atoms with E-state index in [9.17, 15) is 4.79 Å². The standard InChI is InChI=1S/C9H11NO3/c1-5-4-6-2-3-13-7(6)9(5,10)8(11)12/h2-3,5H,4,10H2,1H3,(H,11,12). The van der Waals surface area contributed by atoms with E-state index in [0.717, 1.165) is 5.56 Å². The molecule has 2 unspecified atom stereocenters. The molecule has 1 aliphatic carbocycles.